The first kappa shape index (κ1) is 13.5. The Kier molecular flexibility index (Phi) is 3.46. The molecule has 0 radical (unpaired) electrons. The zero-order chi connectivity index (χ0) is 14.3. The molecule has 0 spiro atoms. The van der Waals surface area contributed by atoms with Gasteiger partial charge in [0.05, 0.1) is 16.8 Å². The Hall–Kier alpha value is -1.49. The molecule has 1 N–H and O–H groups in total. The predicted octanol–water partition coefficient (Wildman–Crippen LogP) is 4.48. The van der Waals surface area contributed by atoms with Crippen molar-refractivity contribution in [2.45, 2.75) is 0 Å². The fourth-order valence-electron chi connectivity index (χ4n) is 1.99. The van der Waals surface area contributed by atoms with Gasteiger partial charge in [0, 0.05) is 15.1 Å². The van der Waals surface area contributed by atoms with Gasteiger partial charge in [0.25, 0.3) is 0 Å². The second-order valence-corrected chi connectivity index (χ2v) is 6.28. The summed E-state index contributed by atoms with van der Waals surface area (Å²) in [6, 6.07) is 9.55. The Labute approximate surface area is 136 Å². The summed E-state index contributed by atoms with van der Waals surface area (Å²) in [5, 5.41) is 9.29. The van der Waals surface area contributed by atoms with E-state index in [1.54, 1.807) is 16.8 Å². The third-order valence-corrected chi connectivity index (χ3v) is 4.02. The summed E-state index contributed by atoms with van der Waals surface area (Å²) in [5.41, 5.74) is 2.75. The van der Waals surface area contributed by atoms with Crippen molar-refractivity contribution in [3.8, 4) is 11.8 Å². The molecule has 0 atom stereocenters. The van der Waals surface area contributed by atoms with E-state index in [1.165, 1.54) is 0 Å². The highest BCUT2D eigenvalue weighted by molar-refractivity contribution is 9.10. The number of nitrogens with one attached hydrogen (secondary N) is 1. The quantitative estimate of drug-likeness (QED) is 0.602. The molecule has 0 bridgehead atoms. The minimum Gasteiger partial charge on any atom is -0.329 e. The smallest absolute Gasteiger partial charge is 0.184 e. The van der Waals surface area contributed by atoms with Gasteiger partial charge in [0.2, 0.25) is 0 Å². The minimum absolute atomic E-state index is 0.504. The van der Waals surface area contributed by atoms with Crippen LogP contribution in [-0.4, -0.2) is 14.5 Å². The maximum Gasteiger partial charge on any atom is 0.184 e. The summed E-state index contributed by atoms with van der Waals surface area (Å²) < 4.78 is 3.98. The van der Waals surface area contributed by atoms with Crippen molar-refractivity contribution in [1.29, 1.82) is 5.26 Å². The SMILES string of the molecule is N#Cc1cc(Br)ccc1-n1c(=S)[nH]c2cc(Br)cnc21. The summed E-state index contributed by atoms with van der Waals surface area (Å²) in [6.45, 7) is 0. The highest BCUT2D eigenvalue weighted by Crippen LogP contribution is 2.24. The predicted molar refractivity (Wildman–Crippen MR) is 86.4 cm³/mol. The van der Waals surface area contributed by atoms with Crippen LogP contribution in [0.3, 0.4) is 0 Å². The first-order valence-electron chi connectivity index (χ1n) is 5.56. The molecule has 98 valence electrons. The van der Waals surface area contributed by atoms with Gasteiger partial charge >= 0.3 is 0 Å². The number of halogens is 2. The summed E-state index contributed by atoms with van der Waals surface area (Å²) in [5.74, 6) is 0. The van der Waals surface area contributed by atoms with Crippen LogP contribution in [0.4, 0.5) is 0 Å². The molecule has 4 nitrogen and oxygen atoms in total. The summed E-state index contributed by atoms with van der Waals surface area (Å²) in [4.78, 5) is 7.47. The minimum atomic E-state index is 0.504. The molecule has 3 rings (SSSR count). The van der Waals surface area contributed by atoms with Gasteiger partial charge in [-0.3, -0.25) is 4.57 Å². The average Bonchev–Trinajstić information content (AvgIpc) is 2.73. The molecule has 0 fully saturated rings. The van der Waals surface area contributed by atoms with Crippen molar-refractivity contribution >= 4 is 55.2 Å². The summed E-state index contributed by atoms with van der Waals surface area (Å²) in [6.07, 6.45) is 1.70. The summed E-state index contributed by atoms with van der Waals surface area (Å²) in [7, 11) is 0. The number of nitrogens with zero attached hydrogens (tertiary/aromatic N) is 3. The van der Waals surface area contributed by atoms with Gasteiger partial charge in [-0.25, -0.2) is 4.98 Å². The number of hydrogen-bond donors (Lipinski definition) is 1. The monoisotopic (exact) mass is 408 g/mol. The second-order valence-electron chi connectivity index (χ2n) is 4.06. The zero-order valence-electron chi connectivity index (χ0n) is 9.89. The molecule has 0 amide bonds. The first-order chi connectivity index (χ1) is 9.60. The van der Waals surface area contributed by atoms with Crippen molar-refractivity contribution in [3.63, 3.8) is 0 Å². The lowest BCUT2D eigenvalue weighted by atomic mass is 10.2. The van der Waals surface area contributed by atoms with Crippen LogP contribution in [0.2, 0.25) is 0 Å². The number of nitriles is 1. The summed E-state index contributed by atoms with van der Waals surface area (Å²) >= 11 is 12.1. The van der Waals surface area contributed by atoms with Crippen LogP contribution >= 0.6 is 44.1 Å². The number of rotatable bonds is 1. The first-order valence-corrected chi connectivity index (χ1v) is 7.56. The number of fused-ring (bicyclic) bond motifs is 1. The van der Waals surface area contributed by atoms with E-state index in [2.05, 4.69) is 47.9 Å². The molecule has 2 heterocycles. The van der Waals surface area contributed by atoms with Crippen molar-refractivity contribution < 1.29 is 0 Å². The molecule has 0 aliphatic carbocycles. The molecule has 0 aliphatic rings. The van der Waals surface area contributed by atoms with Gasteiger partial charge < -0.3 is 4.98 Å². The van der Waals surface area contributed by atoms with E-state index in [-0.39, 0.29) is 0 Å². The van der Waals surface area contributed by atoms with Gasteiger partial charge in [-0.05, 0) is 52.4 Å². The number of imidazole rings is 1. The van der Waals surface area contributed by atoms with E-state index in [1.807, 2.05) is 18.2 Å². The molecule has 3 aromatic rings. The van der Waals surface area contributed by atoms with Crippen molar-refractivity contribution in [2.24, 2.45) is 0 Å². The van der Waals surface area contributed by atoms with E-state index in [0.29, 0.717) is 21.7 Å². The van der Waals surface area contributed by atoms with E-state index >= 15 is 0 Å². The van der Waals surface area contributed by atoms with Gasteiger partial charge in [0.15, 0.2) is 10.4 Å². The number of benzene rings is 1. The fourth-order valence-corrected chi connectivity index (χ4v) is 2.97. The van der Waals surface area contributed by atoms with Crippen LogP contribution in [0, 0.1) is 16.1 Å². The maximum atomic E-state index is 9.29. The van der Waals surface area contributed by atoms with Gasteiger partial charge in [-0.15, -0.1) is 0 Å². The lowest BCUT2D eigenvalue weighted by Gasteiger charge is -2.06. The van der Waals surface area contributed by atoms with Crippen LogP contribution in [0.15, 0.2) is 39.4 Å². The van der Waals surface area contributed by atoms with Crippen LogP contribution in [0.5, 0.6) is 0 Å². The van der Waals surface area contributed by atoms with Crippen molar-refractivity contribution in [3.05, 3.63) is 49.7 Å². The van der Waals surface area contributed by atoms with E-state index in [0.717, 1.165) is 14.5 Å². The molecule has 0 saturated heterocycles. The van der Waals surface area contributed by atoms with Crippen molar-refractivity contribution in [2.75, 3.05) is 0 Å². The van der Waals surface area contributed by atoms with E-state index < -0.39 is 0 Å². The molecular formula is C13H6Br2N4S. The highest BCUT2D eigenvalue weighted by atomic mass is 79.9. The third kappa shape index (κ3) is 2.20. The van der Waals surface area contributed by atoms with Crippen LogP contribution in [0.25, 0.3) is 16.9 Å². The fraction of sp³-hybridized carbons (Fsp3) is 0. The average molecular weight is 410 g/mol. The molecule has 1 aromatic carbocycles. The van der Waals surface area contributed by atoms with Crippen LogP contribution in [-0.2, 0) is 0 Å². The van der Waals surface area contributed by atoms with Gasteiger partial charge in [-0.1, -0.05) is 15.9 Å². The third-order valence-electron chi connectivity index (χ3n) is 2.81. The largest absolute Gasteiger partial charge is 0.329 e. The normalized spacial score (nSPS) is 10.7. The Bertz CT molecular complexity index is 920. The molecule has 0 unspecified atom stereocenters. The lowest BCUT2D eigenvalue weighted by molar-refractivity contribution is 1.04. The Morgan fingerprint density at radius 1 is 1.25 bits per heavy atom. The Morgan fingerprint density at radius 2 is 2.05 bits per heavy atom. The Morgan fingerprint density at radius 3 is 2.80 bits per heavy atom. The Balaban J connectivity index is 2.39. The topological polar surface area (TPSA) is 57.4 Å². The number of hydrogen-bond acceptors (Lipinski definition) is 3. The van der Waals surface area contributed by atoms with Gasteiger partial charge in [0.1, 0.15) is 6.07 Å². The lowest BCUT2D eigenvalue weighted by Crippen LogP contribution is -1.98. The number of aromatic nitrogens is 3. The maximum absolute atomic E-state index is 9.29. The molecule has 7 heteroatoms. The second kappa shape index (κ2) is 5.13. The van der Waals surface area contributed by atoms with Crippen LogP contribution < -0.4 is 0 Å². The molecule has 0 saturated carbocycles. The molecule has 20 heavy (non-hydrogen) atoms. The zero-order valence-corrected chi connectivity index (χ0v) is 13.9. The molecule has 0 aliphatic heterocycles. The van der Waals surface area contributed by atoms with E-state index in [4.69, 9.17) is 12.2 Å². The highest BCUT2D eigenvalue weighted by Gasteiger charge is 2.12. The number of pyridine rings is 1. The number of aromatic amines is 1. The van der Waals surface area contributed by atoms with Crippen molar-refractivity contribution in [1.82, 2.24) is 14.5 Å². The standard InChI is InChI=1S/C13H6Br2N4S/c14-8-1-2-11(7(3-8)5-16)19-12-10(18-13(19)20)4-9(15)6-17-12/h1-4,6H,(H,18,20). The molecular weight excluding hydrogens is 404 g/mol. The number of H-pyrrole nitrogens is 1. The van der Waals surface area contributed by atoms with Gasteiger partial charge in [-0.2, -0.15) is 5.26 Å². The van der Waals surface area contributed by atoms with Crippen LogP contribution in [0.1, 0.15) is 5.56 Å². The van der Waals surface area contributed by atoms with E-state index in [9.17, 15) is 5.26 Å². The molecule has 2 aromatic heterocycles.